The Morgan fingerprint density at radius 2 is 1.97 bits per heavy atom. The Bertz CT molecular complexity index is 716. The summed E-state index contributed by atoms with van der Waals surface area (Å²) in [5.41, 5.74) is 0.432. The molecule has 1 amide bonds. The number of rotatable bonds is 10. The highest BCUT2D eigenvalue weighted by Crippen LogP contribution is 2.38. The quantitative estimate of drug-likeness (QED) is 0.402. The van der Waals surface area contributed by atoms with Gasteiger partial charge >= 0.3 is 6.61 Å². The molecule has 1 heterocycles. The van der Waals surface area contributed by atoms with Crippen molar-refractivity contribution in [3.8, 4) is 17.2 Å². The van der Waals surface area contributed by atoms with E-state index in [1.54, 1.807) is 6.07 Å². The minimum atomic E-state index is -2.96. The highest BCUT2D eigenvalue weighted by atomic mass is 19.3. The van der Waals surface area contributed by atoms with Crippen molar-refractivity contribution >= 4 is 11.9 Å². The highest BCUT2D eigenvalue weighted by molar-refractivity contribution is 5.81. The predicted molar refractivity (Wildman–Crippen MR) is 105 cm³/mol. The van der Waals surface area contributed by atoms with Crippen LogP contribution in [0.2, 0.25) is 0 Å². The van der Waals surface area contributed by atoms with Crippen molar-refractivity contribution in [3.63, 3.8) is 0 Å². The van der Waals surface area contributed by atoms with Crippen molar-refractivity contribution in [3.05, 3.63) is 17.7 Å². The molecule has 1 aromatic carbocycles. The summed E-state index contributed by atoms with van der Waals surface area (Å²) in [6.45, 7) is 3.98. The molecule has 10 heteroatoms. The van der Waals surface area contributed by atoms with Crippen LogP contribution < -0.4 is 30.2 Å². The van der Waals surface area contributed by atoms with Crippen molar-refractivity contribution in [1.82, 2.24) is 16.0 Å². The number of nitrogens with zero attached hydrogens (tertiary/aromatic N) is 1. The van der Waals surface area contributed by atoms with Gasteiger partial charge in [-0.3, -0.25) is 4.79 Å². The molecule has 0 bridgehead atoms. The van der Waals surface area contributed by atoms with Crippen LogP contribution in [-0.4, -0.2) is 44.4 Å². The van der Waals surface area contributed by atoms with E-state index in [1.165, 1.54) is 6.07 Å². The molecule has 1 unspecified atom stereocenters. The Hall–Kier alpha value is -2.78. The standard InChI is InChI=1S/C19H28F2N4O4/c1-4-12(3)25-17(26)6-7-23-19(22-5-2)24-10-13-8-15-16(28-11-27-15)9-14(13)29-18(20)21/h8-9,12,18H,4-7,10-11H2,1-3H3,(H,25,26)(H2,22,23,24). The van der Waals surface area contributed by atoms with Crippen LogP contribution in [0.25, 0.3) is 0 Å². The molecule has 8 nitrogen and oxygen atoms in total. The molecule has 29 heavy (non-hydrogen) atoms. The number of benzene rings is 1. The van der Waals surface area contributed by atoms with Gasteiger partial charge in [0, 0.05) is 37.2 Å². The summed E-state index contributed by atoms with van der Waals surface area (Å²) in [4.78, 5) is 16.3. The number of hydrogen-bond donors (Lipinski definition) is 3. The molecule has 0 spiro atoms. The van der Waals surface area contributed by atoms with E-state index >= 15 is 0 Å². The van der Waals surface area contributed by atoms with E-state index in [-0.39, 0.29) is 31.0 Å². The van der Waals surface area contributed by atoms with Crippen LogP contribution >= 0.6 is 0 Å². The Balaban J connectivity index is 2.01. The number of halogens is 2. The van der Waals surface area contributed by atoms with Crippen molar-refractivity contribution in [1.29, 1.82) is 0 Å². The molecular formula is C19H28F2N4O4. The fraction of sp³-hybridized carbons (Fsp3) is 0.579. The monoisotopic (exact) mass is 414 g/mol. The summed E-state index contributed by atoms with van der Waals surface area (Å²) in [5.74, 6) is 1.20. The van der Waals surface area contributed by atoms with E-state index < -0.39 is 6.61 Å². The molecule has 0 aliphatic carbocycles. The normalized spacial score (nSPS) is 13.9. The average molecular weight is 414 g/mol. The maximum Gasteiger partial charge on any atom is 0.387 e. The lowest BCUT2D eigenvalue weighted by atomic mass is 10.1. The van der Waals surface area contributed by atoms with Gasteiger partial charge in [0.1, 0.15) is 5.75 Å². The smallest absolute Gasteiger partial charge is 0.387 e. The lowest BCUT2D eigenvalue weighted by Crippen LogP contribution is -2.40. The van der Waals surface area contributed by atoms with E-state index in [1.807, 2.05) is 20.8 Å². The summed E-state index contributed by atoms with van der Waals surface area (Å²) in [6.07, 6.45) is 1.15. The number of carbonyl (C=O) groups excluding carboxylic acids is 1. The number of fused-ring (bicyclic) bond motifs is 1. The number of nitrogens with one attached hydrogen (secondary N) is 3. The third kappa shape index (κ3) is 7.28. The van der Waals surface area contributed by atoms with Gasteiger partial charge in [0.05, 0.1) is 6.54 Å². The molecule has 1 aromatic rings. The van der Waals surface area contributed by atoms with E-state index in [4.69, 9.17) is 9.47 Å². The van der Waals surface area contributed by atoms with E-state index in [2.05, 4.69) is 25.7 Å². The fourth-order valence-corrected chi connectivity index (χ4v) is 2.54. The Kier molecular flexibility index (Phi) is 8.75. The van der Waals surface area contributed by atoms with Crippen LogP contribution in [0.3, 0.4) is 0 Å². The minimum absolute atomic E-state index is 0.0169. The minimum Gasteiger partial charge on any atom is -0.454 e. The van der Waals surface area contributed by atoms with Crippen LogP contribution in [0.15, 0.2) is 17.1 Å². The summed E-state index contributed by atoms with van der Waals surface area (Å²) < 4.78 is 40.6. The van der Waals surface area contributed by atoms with Gasteiger partial charge in [-0.1, -0.05) is 6.92 Å². The molecule has 0 aromatic heterocycles. The van der Waals surface area contributed by atoms with Gasteiger partial charge in [-0.2, -0.15) is 8.78 Å². The molecule has 1 aliphatic rings. The number of ether oxygens (including phenoxy) is 3. The van der Waals surface area contributed by atoms with Gasteiger partial charge in [0.2, 0.25) is 12.7 Å². The maximum atomic E-state index is 12.7. The topological polar surface area (TPSA) is 93.2 Å². The van der Waals surface area contributed by atoms with Crippen molar-refractivity contribution in [2.24, 2.45) is 4.99 Å². The largest absolute Gasteiger partial charge is 0.454 e. The summed E-state index contributed by atoms with van der Waals surface area (Å²) >= 11 is 0. The Morgan fingerprint density at radius 3 is 2.62 bits per heavy atom. The van der Waals surface area contributed by atoms with E-state index in [0.29, 0.717) is 42.5 Å². The second kappa shape index (κ2) is 11.3. The second-order valence-corrected chi connectivity index (χ2v) is 6.44. The molecule has 3 N–H and O–H groups in total. The number of guanidine groups is 1. The molecule has 0 radical (unpaired) electrons. The number of aliphatic imine (C=N–C) groups is 1. The van der Waals surface area contributed by atoms with Crippen LogP contribution in [-0.2, 0) is 11.3 Å². The molecule has 0 saturated heterocycles. The van der Waals surface area contributed by atoms with Crippen LogP contribution in [0.4, 0.5) is 8.78 Å². The van der Waals surface area contributed by atoms with Gasteiger partial charge in [-0.25, -0.2) is 4.99 Å². The number of carbonyl (C=O) groups is 1. The maximum absolute atomic E-state index is 12.7. The Labute approximate surface area is 169 Å². The van der Waals surface area contributed by atoms with Gasteiger partial charge < -0.3 is 30.2 Å². The average Bonchev–Trinajstić information content (AvgIpc) is 3.12. The zero-order valence-corrected chi connectivity index (χ0v) is 16.9. The Morgan fingerprint density at radius 1 is 1.24 bits per heavy atom. The second-order valence-electron chi connectivity index (χ2n) is 6.44. The number of hydrogen-bond acceptors (Lipinski definition) is 5. The van der Waals surface area contributed by atoms with E-state index in [9.17, 15) is 13.6 Å². The summed E-state index contributed by atoms with van der Waals surface area (Å²) in [6, 6.07) is 3.08. The van der Waals surface area contributed by atoms with Gasteiger partial charge in [0.15, 0.2) is 17.5 Å². The first kappa shape index (κ1) is 22.5. The molecule has 162 valence electrons. The number of alkyl halides is 2. The molecule has 1 atom stereocenters. The van der Waals surface area contributed by atoms with Crippen LogP contribution in [0.5, 0.6) is 17.2 Å². The summed E-state index contributed by atoms with van der Waals surface area (Å²) in [5, 5.41) is 9.00. The van der Waals surface area contributed by atoms with Crippen LogP contribution in [0.1, 0.15) is 39.2 Å². The van der Waals surface area contributed by atoms with Gasteiger partial charge in [0.25, 0.3) is 0 Å². The predicted octanol–water partition coefficient (Wildman–Crippen LogP) is 2.38. The van der Waals surface area contributed by atoms with Crippen molar-refractivity contribution in [2.45, 2.75) is 52.8 Å². The van der Waals surface area contributed by atoms with Crippen molar-refractivity contribution < 1.29 is 27.8 Å². The molecule has 1 aliphatic heterocycles. The third-order valence-electron chi connectivity index (χ3n) is 4.19. The SMILES string of the molecule is CCNC(=NCc1cc2c(cc1OC(F)F)OCO2)NCCC(=O)NC(C)CC. The molecule has 0 saturated carbocycles. The lowest BCUT2D eigenvalue weighted by molar-refractivity contribution is -0.121. The molecule has 2 rings (SSSR count). The fourth-order valence-electron chi connectivity index (χ4n) is 2.54. The molecule has 0 fully saturated rings. The molecular weight excluding hydrogens is 386 g/mol. The zero-order chi connectivity index (χ0) is 21.2. The number of amides is 1. The third-order valence-corrected chi connectivity index (χ3v) is 4.19. The lowest BCUT2D eigenvalue weighted by Gasteiger charge is -2.14. The van der Waals surface area contributed by atoms with Gasteiger partial charge in [-0.15, -0.1) is 0 Å². The first-order valence-corrected chi connectivity index (χ1v) is 9.61. The van der Waals surface area contributed by atoms with Crippen molar-refractivity contribution in [2.75, 3.05) is 19.9 Å². The zero-order valence-electron chi connectivity index (χ0n) is 16.9. The highest BCUT2D eigenvalue weighted by Gasteiger charge is 2.20. The first-order chi connectivity index (χ1) is 13.9. The summed E-state index contributed by atoms with van der Waals surface area (Å²) in [7, 11) is 0. The van der Waals surface area contributed by atoms with E-state index in [0.717, 1.165) is 6.42 Å². The first-order valence-electron chi connectivity index (χ1n) is 9.61. The van der Waals surface area contributed by atoms with Crippen LogP contribution in [0, 0.1) is 0 Å². The van der Waals surface area contributed by atoms with Gasteiger partial charge in [-0.05, 0) is 26.3 Å².